The summed E-state index contributed by atoms with van der Waals surface area (Å²) in [6.45, 7) is 4.11. The maximum Gasteiger partial charge on any atom is 0.246 e. The van der Waals surface area contributed by atoms with Gasteiger partial charge in [0, 0.05) is 0 Å². The fourth-order valence-corrected chi connectivity index (χ4v) is 2.67. The van der Waals surface area contributed by atoms with Gasteiger partial charge in [0.2, 0.25) is 5.91 Å². The second-order valence-electron chi connectivity index (χ2n) is 4.96. The largest absolute Gasteiger partial charge is 0.381 e. The Bertz CT molecular complexity index is 651. The molecule has 1 N–H and O–H groups in total. The molecule has 0 spiro atoms. The first kappa shape index (κ1) is 11.9. The van der Waals surface area contributed by atoms with Crippen LogP contribution in [0.1, 0.15) is 5.56 Å². The lowest BCUT2D eigenvalue weighted by Crippen LogP contribution is -2.60. The van der Waals surface area contributed by atoms with Gasteiger partial charge >= 0.3 is 0 Å². The second-order valence-corrected chi connectivity index (χ2v) is 4.96. The van der Waals surface area contributed by atoms with E-state index in [0.29, 0.717) is 13.1 Å². The van der Waals surface area contributed by atoms with E-state index in [-0.39, 0.29) is 5.91 Å². The molecule has 1 heterocycles. The SMILES string of the molecule is C=CC(=O)N1CC(O)(c2cccc3ccccc23)C1. The minimum Gasteiger partial charge on any atom is -0.381 e. The summed E-state index contributed by atoms with van der Waals surface area (Å²) in [7, 11) is 0. The van der Waals surface area contributed by atoms with Crippen molar-refractivity contribution >= 4 is 16.7 Å². The molecule has 0 aliphatic carbocycles. The highest BCUT2D eigenvalue weighted by molar-refractivity contribution is 5.89. The van der Waals surface area contributed by atoms with Gasteiger partial charge in [-0.2, -0.15) is 0 Å². The summed E-state index contributed by atoms with van der Waals surface area (Å²) in [5.74, 6) is -0.134. The molecule has 2 aromatic rings. The Morgan fingerprint density at radius 3 is 2.63 bits per heavy atom. The van der Waals surface area contributed by atoms with Gasteiger partial charge in [-0.25, -0.2) is 0 Å². The van der Waals surface area contributed by atoms with Gasteiger partial charge < -0.3 is 10.0 Å². The highest BCUT2D eigenvalue weighted by Gasteiger charge is 2.44. The van der Waals surface area contributed by atoms with Crippen LogP contribution in [0.2, 0.25) is 0 Å². The van der Waals surface area contributed by atoms with E-state index in [2.05, 4.69) is 6.58 Å². The van der Waals surface area contributed by atoms with Gasteiger partial charge in [0.15, 0.2) is 0 Å². The summed E-state index contributed by atoms with van der Waals surface area (Å²) < 4.78 is 0. The van der Waals surface area contributed by atoms with E-state index in [1.54, 1.807) is 4.90 Å². The summed E-state index contributed by atoms with van der Waals surface area (Å²) in [6.07, 6.45) is 1.28. The van der Waals surface area contributed by atoms with Gasteiger partial charge in [-0.15, -0.1) is 0 Å². The predicted molar refractivity (Wildman–Crippen MR) is 74.6 cm³/mol. The number of β-amino-alcohol motifs (C(OH)–C–C–N with tert-alkyl or cyclic N) is 1. The van der Waals surface area contributed by atoms with Crippen molar-refractivity contribution in [1.82, 2.24) is 4.90 Å². The number of hydrogen-bond donors (Lipinski definition) is 1. The van der Waals surface area contributed by atoms with Crippen molar-refractivity contribution in [1.29, 1.82) is 0 Å². The van der Waals surface area contributed by atoms with E-state index in [1.165, 1.54) is 6.08 Å². The van der Waals surface area contributed by atoms with Crippen LogP contribution in [0.25, 0.3) is 10.8 Å². The summed E-state index contributed by atoms with van der Waals surface area (Å²) >= 11 is 0. The van der Waals surface area contributed by atoms with Crippen LogP contribution in [0.3, 0.4) is 0 Å². The van der Waals surface area contributed by atoms with Crippen molar-refractivity contribution in [2.45, 2.75) is 5.60 Å². The Labute approximate surface area is 111 Å². The average Bonchev–Trinajstić information content (AvgIpc) is 2.42. The Balaban J connectivity index is 1.98. The summed E-state index contributed by atoms with van der Waals surface area (Å²) in [6, 6.07) is 13.8. The van der Waals surface area contributed by atoms with Crippen LogP contribution in [0.5, 0.6) is 0 Å². The van der Waals surface area contributed by atoms with Crippen LogP contribution in [0.4, 0.5) is 0 Å². The lowest BCUT2D eigenvalue weighted by molar-refractivity contribution is -0.151. The van der Waals surface area contributed by atoms with Crippen LogP contribution >= 0.6 is 0 Å². The number of hydrogen-bond acceptors (Lipinski definition) is 2. The van der Waals surface area contributed by atoms with Crippen LogP contribution in [0, 0.1) is 0 Å². The summed E-state index contributed by atoms with van der Waals surface area (Å²) in [5, 5.41) is 12.8. The third kappa shape index (κ3) is 1.83. The molecule has 0 unspecified atom stereocenters. The number of rotatable bonds is 2. The number of likely N-dealkylation sites (tertiary alicyclic amines) is 1. The van der Waals surface area contributed by atoms with E-state index < -0.39 is 5.60 Å². The first-order chi connectivity index (χ1) is 9.14. The number of nitrogens with zero attached hydrogens (tertiary/aromatic N) is 1. The highest BCUT2D eigenvalue weighted by atomic mass is 16.3. The van der Waals surface area contributed by atoms with Crippen molar-refractivity contribution in [3.63, 3.8) is 0 Å². The number of amides is 1. The Kier molecular flexibility index (Phi) is 2.64. The highest BCUT2D eigenvalue weighted by Crippen LogP contribution is 2.36. The van der Waals surface area contributed by atoms with Crippen LogP contribution < -0.4 is 0 Å². The van der Waals surface area contributed by atoms with Gasteiger partial charge in [0.25, 0.3) is 0 Å². The standard InChI is InChI=1S/C16H15NO2/c1-2-15(18)17-10-16(19,11-17)14-9-5-7-12-6-3-4-8-13(12)14/h2-9,19H,1,10-11H2. The van der Waals surface area contributed by atoms with Crippen LogP contribution in [-0.2, 0) is 10.4 Å². The minimum atomic E-state index is -0.945. The van der Waals surface area contributed by atoms with Crippen LogP contribution in [-0.4, -0.2) is 29.0 Å². The molecule has 1 aliphatic heterocycles. The predicted octanol–water partition coefficient (Wildman–Crippen LogP) is 2.06. The summed E-state index contributed by atoms with van der Waals surface area (Å²) in [4.78, 5) is 13.1. The molecule has 0 atom stereocenters. The van der Waals surface area contributed by atoms with Crippen LogP contribution in [0.15, 0.2) is 55.1 Å². The fraction of sp³-hybridized carbons (Fsp3) is 0.188. The van der Waals surface area contributed by atoms with Crippen molar-refractivity contribution in [2.24, 2.45) is 0 Å². The third-order valence-electron chi connectivity index (χ3n) is 3.68. The smallest absolute Gasteiger partial charge is 0.246 e. The number of fused-ring (bicyclic) bond motifs is 1. The van der Waals surface area contributed by atoms with E-state index >= 15 is 0 Å². The van der Waals surface area contributed by atoms with Crippen molar-refractivity contribution in [3.05, 3.63) is 60.7 Å². The van der Waals surface area contributed by atoms with Crippen molar-refractivity contribution < 1.29 is 9.90 Å². The van der Waals surface area contributed by atoms with Crippen molar-refractivity contribution in [2.75, 3.05) is 13.1 Å². The van der Waals surface area contributed by atoms with Crippen molar-refractivity contribution in [3.8, 4) is 0 Å². The van der Waals surface area contributed by atoms with E-state index in [9.17, 15) is 9.90 Å². The Hall–Kier alpha value is -2.13. The molecule has 2 aromatic carbocycles. The average molecular weight is 253 g/mol. The maximum absolute atomic E-state index is 11.5. The zero-order chi connectivity index (χ0) is 13.5. The quantitative estimate of drug-likeness (QED) is 0.832. The molecular formula is C16H15NO2. The number of aliphatic hydroxyl groups is 1. The zero-order valence-electron chi connectivity index (χ0n) is 10.5. The van der Waals surface area contributed by atoms with Gasteiger partial charge in [0.05, 0.1) is 13.1 Å². The first-order valence-electron chi connectivity index (χ1n) is 6.26. The monoisotopic (exact) mass is 253 g/mol. The maximum atomic E-state index is 11.5. The molecule has 0 radical (unpaired) electrons. The molecule has 3 heteroatoms. The Morgan fingerprint density at radius 2 is 1.89 bits per heavy atom. The molecule has 96 valence electrons. The fourth-order valence-electron chi connectivity index (χ4n) is 2.67. The molecule has 1 fully saturated rings. The molecule has 0 bridgehead atoms. The van der Waals surface area contributed by atoms with E-state index in [0.717, 1.165) is 16.3 Å². The van der Waals surface area contributed by atoms with E-state index in [4.69, 9.17) is 0 Å². The van der Waals surface area contributed by atoms with Gasteiger partial charge in [-0.1, -0.05) is 49.0 Å². The molecule has 3 rings (SSSR count). The van der Waals surface area contributed by atoms with Gasteiger partial charge in [-0.05, 0) is 22.4 Å². The Morgan fingerprint density at radius 1 is 1.21 bits per heavy atom. The van der Waals surface area contributed by atoms with E-state index in [1.807, 2.05) is 42.5 Å². The number of benzene rings is 2. The molecule has 3 nitrogen and oxygen atoms in total. The molecule has 1 amide bonds. The molecule has 19 heavy (non-hydrogen) atoms. The lowest BCUT2D eigenvalue weighted by Gasteiger charge is -2.46. The number of carbonyl (C=O) groups excluding carboxylic acids is 1. The third-order valence-corrected chi connectivity index (χ3v) is 3.68. The lowest BCUT2D eigenvalue weighted by atomic mass is 9.83. The van der Waals surface area contributed by atoms with Gasteiger partial charge in [0.1, 0.15) is 5.60 Å². The second kappa shape index (κ2) is 4.21. The first-order valence-corrected chi connectivity index (χ1v) is 6.26. The number of carbonyl (C=O) groups is 1. The molecule has 0 aromatic heterocycles. The topological polar surface area (TPSA) is 40.5 Å². The van der Waals surface area contributed by atoms with Gasteiger partial charge in [-0.3, -0.25) is 4.79 Å². The molecule has 1 aliphatic rings. The molecule has 0 saturated carbocycles. The minimum absolute atomic E-state index is 0.134. The molecule has 1 saturated heterocycles. The summed E-state index contributed by atoms with van der Waals surface area (Å²) in [5.41, 5.74) is -0.0572. The molecular weight excluding hydrogens is 238 g/mol. The zero-order valence-corrected chi connectivity index (χ0v) is 10.5. The normalized spacial score (nSPS) is 17.0.